The molecule has 230 valence electrons. The smallest absolute Gasteiger partial charge is 0.261 e. The molecule has 1 fully saturated rings. The maximum atomic E-state index is 13.5. The molecule has 1 atom stereocenters. The van der Waals surface area contributed by atoms with Crippen molar-refractivity contribution in [3.63, 3.8) is 0 Å². The van der Waals surface area contributed by atoms with Gasteiger partial charge < -0.3 is 30.4 Å². The van der Waals surface area contributed by atoms with Gasteiger partial charge in [-0.15, -0.1) is 0 Å². The van der Waals surface area contributed by atoms with E-state index in [9.17, 15) is 19.5 Å². The number of aliphatic hydroxyl groups excluding tert-OH is 1. The third-order valence-electron chi connectivity index (χ3n) is 8.86. The van der Waals surface area contributed by atoms with Crippen molar-refractivity contribution in [2.75, 3.05) is 43.9 Å². The van der Waals surface area contributed by atoms with Crippen molar-refractivity contribution in [3.8, 4) is 5.75 Å². The maximum absolute atomic E-state index is 13.5. The van der Waals surface area contributed by atoms with E-state index in [1.807, 2.05) is 44.3 Å². The van der Waals surface area contributed by atoms with Crippen molar-refractivity contribution in [3.05, 3.63) is 92.4 Å². The first-order chi connectivity index (χ1) is 21.2. The number of anilines is 2. The van der Waals surface area contributed by atoms with Crippen LogP contribution in [0.15, 0.2) is 59.0 Å². The summed E-state index contributed by atoms with van der Waals surface area (Å²) in [4.78, 5) is 46.5. The molecule has 4 heterocycles. The number of piperidine rings is 1. The van der Waals surface area contributed by atoms with Crippen LogP contribution in [0.4, 0.5) is 11.4 Å². The summed E-state index contributed by atoms with van der Waals surface area (Å²) in [5, 5.41) is 17.3. The summed E-state index contributed by atoms with van der Waals surface area (Å²) in [5.74, 6) is 0.272. The lowest BCUT2D eigenvalue weighted by Crippen LogP contribution is -2.46. The molecule has 4 N–H and O–H groups in total. The number of hydrogen-bond acceptors (Lipinski definition) is 8. The first-order valence-corrected chi connectivity index (χ1v) is 15.3. The predicted molar refractivity (Wildman–Crippen MR) is 170 cm³/mol. The number of imide groups is 1. The van der Waals surface area contributed by atoms with E-state index in [-0.39, 0.29) is 36.6 Å². The summed E-state index contributed by atoms with van der Waals surface area (Å²) < 4.78 is 5.87. The molecule has 2 aromatic carbocycles. The number of H-pyrrole nitrogens is 1. The molecule has 1 unspecified atom stereocenters. The number of carbonyl (C=O) groups is 2. The second kappa shape index (κ2) is 12.3. The number of aliphatic hydroxyl groups is 1. The van der Waals surface area contributed by atoms with E-state index in [1.165, 1.54) is 4.90 Å². The second-order valence-corrected chi connectivity index (χ2v) is 11.9. The van der Waals surface area contributed by atoms with Gasteiger partial charge in [0, 0.05) is 24.5 Å². The van der Waals surface area contributed by atoms with E-state index >= 15 is 0 Å². The van der Waals surface area contributed by atoms with Gasteiger partial charge in [-0.25, -0.2) is 0 Å². The SMILES string of the molecule is CCc1ccccc1OCC(O)CNc1cc[nH]c(=O)c1C1=C(C)Cc2cc3c(cc2N1)C(=O)N(C1CCN(C)CC1)C3=O. The van der Waals surface area contributed by atoms with Gasteiger partial charge in [-0.2, -0.15) is 0 Å². The molecule has 10 nitrogen and oxygen atoms in total. The van der Waals surface area contributed by atoms with Gasteiger partial charge in [-0.05, 0) is 93.7 Å². The Morgan fingerprint density at radius 3 is 2.55 bits per heavy atom. The largest absolute Gasteiger partial charge is 0.491 e. The summed E-state index contributed by atoms with van der Waals surface area (Å²) in [5.41, 5.74) is 5.76. The first-order valence-electron chi connectivity index (χ1n) is 15.3. The number of benzene rings is 2. The molecule has 3 aliphatic heterocycles. The minimum absolute atomic E-state index is 0.0994. The number of aromatic nitrogens is 1. The molecule has 0 radical (unpaired) electrons. The number of para-hydroxylation sites is 1. The highest BCUT2D eigenvalue weighted by Gasteiger charge is 2.41. The quantitative estimate of drug-likeness (QED) is 0.274. The molecule has 10 heteroatoms. The number of amides is 2. The minimum Gasteiger partial charge on any atom is -0.491 e. The average molecular weight is 598 g/mol. The number of allylic oxidation sites excluding steroid dienone is 1. The van der Waals surface area contributed by atoms with E-state index in [4.69, 9.17) is 4.74 Å². The van der Waals surface area contributed by atoms with Gasteiger partial charge >= 0.3 is 0 Å². The van der Waals surface area contributed by atoms with Crippen LogP contribution in [0.1, 0.15) is 64.1 Å². The molecule has 6 rings (SSSR count). The fourth-order valence-electron chi connectivity index (χ4n) is 6.37. The molecule has 44 heavy (non-hydrogen) atoms. The summed E-state index contributed by atoms with van der Waals surface area (Å²) in [6.07, 6.45) is 3.63. The zero-order chi connectivity index (χ0) is 31.0. The number of likely N-dealkylation sites (tertiary alicyclic amines) is 1. The Morgan fingerprint density at radius 2 is 1.80 bits per heavy atom. The highest BCUT2D eigenvalue weighted by molar-refractivity contribution is 6.22. The van der Waals surface area contributed by atoms with E-state index in [2.05, 4.69) is 27.4 Å². The molecule has 3 aliphatic rings. The number of pyridine rings is 1. The number of nitrogens with zero attached hydrogens (tertiary/aromatic N) is 2. The number of rotatable bonds is 9. The van der Waals surface area contributed by atoms with Gasteiger partial charge in [0.2, 0.25) is 0 Å². The van der Waals surface area contributed by atoms with Gasteiger partial charge in [-0.1, -0.05) is 25.1 Å². The molecule has 0 bridgehead atoms. The maximum Gasteiger partial charge on any atom is 0.261 e. The van der Waals surface area contributed by atoms with E-state index in [0.717, 1.165) is 54.8 Å². The van der Waals surface area contributed by atoms with Crippen LogP contribution in [-0.4, -0.2) is 77.1 Å². The van der Waals surface area contributed by atoms with Gasteiger partial charge in [0.15, 0.2) is 0 Å². The number of aryl methyl sites for hydroxylation is 1. The van der Waals surface area contributed by atoms with Crippen LogP contribution in [0.2, 0.25) is 0 Å². The normalized spacial score (nSPS) is 17.8. The number of carbonyl (C=O) groups excluding carboxylic acids is 2. The molecule has 0 spiro atoms. The van der Waals surface area contributed by atoms with Gasteiger partial charge in [-0.3, -0.25) is 19.3 Å². The van der Waals surface area contributed by atoms with Crippen LogP contribution in [0.25, 0.3) is 5.70 Å². The van der Waals surface area contributed by atoms with E-state index < -0.39 is 6.10 Å². The monoisotopic (exact) mass is 597 g/mol. The molecule has 1 aromatic heterocycles. The molecular formula is C34H39N5O5. The topological polar surface area (TPSA) is 127 Å². The van der Waals surface area contributed by atoms with Crippen LogP contribution >= 0.6 is 0 Å². The number of aromatic amines is 1. The highest BCUT2D eigenvalue weighted by Crippen LogP contribution is 2.38. The van der Waals surface area contributed by atoms with Crippen molar-refractivity contribution in [2.24, 2.45) is 0 Å². The van der Waals surface area contributed by atoms with Crippen LogP contribution in [0.3, 0.4) is 0 Å². The van der Waals surface area contributed by atoms with Crippen LogP contribution < -0.4 is 20.9 Å². The number of nitrogens with one attached hydrogen (secondary N) is 3. The Kier molecular flexibility index (Phi) is 8.29. The lowest BCUT2D eigenvalue weighted by Gasteiger charge is -2.33. The number of fused-ring (bicyclic) bond motifs is 2. The van der Waals surface area contributed by atoms with Crippen LogP contribution in [0, 0.1) is 0 Å². The van der Waals surface area contributed by atoms with Crippen LogP contribution in [0.5, 0.6) is 5.75 Å². The van der Waals surface area contributed by atoms with Crippen molar-refractivity contribution in [1.82, 2.24) is 14.8 Å². The Labute approximate surface area is 256 Å². The predicted octanol–water partition coefficient (Wildman–Crippen LogP) is 3.88. The zero-order valence-corrected chi connectivity index (χ0v) is 25.4. The molecule has 0 aliphatic carbocycles. The summed E-state index contributed by atoms with van der Waals surface area (Å²) >= 11 is 0. The van der Waals surface area contributed by atoms with E-state index in [1.54, 1.807) is 18.3 Å². The van der Waals surface area contributed by atoms with Gasteiger partial charge in [0.25, 0.3) is 17.4 Å². The summed E-state index contributed by atoms with van der Waals surface area (Å²) in [7, 11) is 2.05. The fourth-order valence-corrected chi connectivity index (χ4v) is 6.37. The van der Waals surface area contributed by atoms with Crippen molar-refractivity contribution in [1.29, 1.82) is 0 Å². The Bertz CT molecular complexity index is 1690. The highest BCUT2D eigenvalue weighted by atomic mass is 16.5. The molecule has 3 aromatic rings. The molecule has 1 saturated heterocycles. The lowest BCUT2D eigenvalue weighted by molar-refractivity contribution is 0.0516. The third-order valence-corrected chi connectivity index (χ3v) is 8.86. The van der Waals surface area contributed by atoms with Crippen LogP contribution in [-0.2, 0) is 12.8 Å². The van der Waals surface area contributed by atoms with Crippen molar-refractivity contribution in [2.45, 2.75) is 51.7 Å². The summed E-state index contributed by atoms with van der Waals surface area (Å²) in [6, 6.07) is 13.0. The van der Waals surface area contributed by atoms with E-state index in [0.29, 0.717) is 40.2 Å². The third kappa shape index (κ3) is 5.62. The summed E-state index contributed by atoms with van der Waals surface area (Å²) in [6.45, 7) is 5.97. The molecule has 2 amide bonds. The average Bonchev–Trinajstić information content (AvgIpc) is 3.26. The zero-order valence-electron chi connectivity index (χ0n) is 25.4. The Morgan fingerprint density at radius 1 is 1.07 bits per heavy atom. The van der Waals surface area contributed by atoms with Crippen molar-refractivity contribution >= 4 is 28.9 Å². The first kappa shape index (κ1) is 29.7. The molecule has 0 saturated carbocycles. The lowest BCUT2D eigenvalue weighted by atomic mass is 9.92. The van der Waals surface area contributed by atoms with Crippen molar-refractivity contribution < 1.29 is 19.4 Å². The Balaban J connectivity index is 1.19. The minimum atomic E-state index is -0.819. The number of ether oxygens (including phenoxy) is 1. The molecular weight excluding hydrogens is 558 g/mol. The second-order valence-electron chi connectivity index (χ2n) is 11.9. The fraction of sp³-hybridized carbons (Fsp3) is 0.382. The van der Waals surface area contributed by atoms with Gasteiger partial charge in [0.05, 0.1) is 28.1 Å². The number of hydrogen-bond donors (Lipinski definition) is 4. The Hall–Kier alpha value is -4.41. The van der Waals surface area contributed by atoms with Gasteiger partial charge in [0.1, 0.15) is 18.5 Å². The standard InChI is InChI=1S/C34H39N5O5/c1-4-21-7-5-6-8-29(21)44-19-24(40)18-36-27-9-12-35-32(41)30(27)31-20(2)15-22-16-25-26(17-28(22)37-31)34(43)39(33(25)42)23-10-13-38(3)14-11-23/h5-9,12,16-17,23-24,37,40H,4,10-11,13-15,18-19H2,1-3H3,(H2,35,36,41).